The third-order valence-electron chi connectivity index (χ3n) is 4.44. The summed E-state index contributed by atoms with van der Waals surface area (Å²) in [6.45, 7) is 3.51. The van der Waals surface area contributed by atoms with Crippen LogP contribution < -0.4 is 10.6 Å². The quantitative estimate of drug-likeness (QED) is 0.812. The number of likely N-dealkylation sites (N-methyl/N-ethyl adjacent to an activating group) is 1. The van der Waals surface area contributed by atoms with Gasteiger partial charge in [-0.25, -0.2) is 9.97 Å². The lowest BCUT2D eigenvalue weighted by molar-refractivity contribution is 0.309. The van der Waals surface area contributed by atoms with Crippen molar-refractivity contribution in [2.24, 2.45) is 7.05 Å². The highest BCUT2D eigenvalue weighted by Crippen LogP contribution is 2.33. The molecule has 0 unspecified atom stereocenters. The van der Waals surface area contributed by atoms with Gasteiger partial charge in [0.25, 0.3) is 0 Å². The molecule has 0 saturated heterocycles. The lowest BCUT2D eigenvalue weighted by Gasteiger charge is -2.28. The Morgan fingerprint density at radius 2 is 1.90 bits per heavy atom. The van der Waals surface area contributed by atoms with E-state index in [1.54, 1.807) is 11.0 Å². The van der Waals surface area contributed by atoms with E-state index >= 15 is 0 Å². The highest BCUT2D eigenvalue weighted by atomic mass is 15.3. The molecule has 0 atom stereocenters. The van der Waals surface area contributed by atoms with Crippen LogP contribution in [0.1, 0.15) is 22.5 Å². The van der Waals surface area contributed by atoms with E-state index < -0.39 is 0 Å². The normalized spacial score (nSPS) is 17.9. The van der Waals surface area contributed by atoms with Gasteiger partial charge >= 0.3 is 0 Å². The summed E-state index contributed by atoms with van der Waals surface area (Å²) in [6.07, 6.45) is 2.67. The Balaban J connectivity index is 1.70. The van der Waals surface area contributed by atoms with Gasteiger partial charge in [-0.1, -0.05) is 0 Å². The largest absolute Gasteiger partial charge is 0.384 e. The SMILES string of the molecule is CN1CCc2ncnc(N3Cc4nn(C)c(N)c4C3)c2C1. The first kappa shape index (κ1) is 12.6. The lowest BCUT2D eigenvalue weighted by Crippen LogP contribution is -2.30. The van der Waals surface area contributed by atoms with Gasteiger partial charge in [-0.05, 0) is 7.05 Å². The summed E-state index contributed by atoms with van der Waals surface area (Å²) >= 11 is 0. The number of nitrogens with zero attached hydrogens (tertiary/aromatic N) is 6. The molecule has 4 heterocycles. The molecule has 7 nitrogen and oxygen atoms in total. The predicted octanol–water partition coefficient (Wildman–Crippen LogP) is 0.300. The summed E-state index contributed by atoms with van der Waals surface area (Å²) in [7, 11) is 4.03. The van der Waals surface area contributed by atoms with Crippen molar-refractivity contribution < 1.29 is 0 Å². The van der Waals surface area contributed by atoms with Crippen LogP contribution >= 0.6 is 0 Å². The van der Waals surface area contributed by atoms with Crippen LogP contribution in [0.5, 0.6) is 0 Å². The topological polar surface area (TPSA) is 76.1 Å². The summed E-state index contributed by atoms with van der Waals surface area (Å²) < 4.78 is 1.76. The fraction of sp³-hybridized carbons (Fsp3) is 0.500. The minimum Gasteiger partial charge on any atom is -0.384 e. The van der Waals surface area contributed by atoms with Gasteiger partial charge in [-0.3, -0.25) is 4.68 Å². The summed E-state index contributed by atoms with van der Waals surface area (Å²) in [5, 5.41) is 4.49. The van der Waals surface area contributed by atoms with Gasteiger partial charge in [0.15, 0.2) is 0 Å². The van der Waals surface area contributed by atoms with E-state index in [9.17, 15) is 0 Å². The summed E-state index contributed by atoms with van der Waals surface area (Å²) in [4.78, 5) is 13.5. The maximum Gasteiger partial charge on any atom is 0.137 e. The molecule has 2 aromatic rings. The molecule has 0 amide bonds. The number of nitrogens with two attached hydrogens (primary N) is 1. The van der Waals surface area contributed by atoms with Gasteiger partial charge in [-0.15, -0.1) is 0 Å². The average Bonchev–Trinajstić information content (AvgIpc) is 2.99. The molecule has 0 radical (unpaired) electrons. The fourth-order valence-corrected chi connectivity index (χ4v) is 3.25. The molecule has 2 aromatic heterocycles. The van der Waals surface area contributed by atoms with Gasteiger partial charge < -0.3 is 15.5 Å². The maximum absolute atomic E-state index is 6.09. The van der Waals surface area contributed by atoms with Crippen molar-refractivity contribution in [2.45, 2.75) is 26.1 Å². The van der Waals surface area contributed by atoms with E-state index in [1.807, 2.05) is 7.05 Å². The smallest absolute Gasteiger partial charge is 0.137 e. The van der Waals surface area contributed by atoms with Crippen molar-refractivity contribution in [3.63, 3.8) is 0 Å². The number of hydrogen-bond acceptors (Lipinski definition) is 6. The summed E-state index contributed by atoms with van der Waals surface area (Å²) in [5.74, 6) is 1.79. The van der Waals surface area contributed by atoms with Crippen LogP contribution in [0, 0.1) is 0 Å². The van der Waals surface area contributed by atoms with E-state index in [2.05, 4.69) is 31.9 Å². The van der Waals surface area contributed by atoms with Gasteiger partial charge in [0.05, 0.1) is 24.5 Å². The van der Waals surface area contributed by atoms with Crippen molar-refractivity contribution >= 4 is 11.6 Å². The Morgan fingerprint density at radius 3 is 2.71 bits per heavy atom. The zero-order valence-electron chi connectivity index (χ0n) is 12.4. The van der Waals surface area contributed by atoms with Crippen LogP contribution in [-0.4, -0.2) is 38.2 Å². The molecule has 21 heavy (non-hydrogen) atoms. The fourth-order valence-electron chi connectivity index (χ4n) is 3.25. The predicted molar refractivity (Wildman–Crippen MR) is 79.6 cm³/mol. The first-order chi connectivity index (χ1) is 10.1. The Kier molecular flexibility index (Phi) is 2.65. The second kappa shape index (κ2) is 4.42. The second-order valence-corrected chi connectivity index (χ2v) is 5.90. The highest BCUT2D eigenvalue weighted by Gasteiger charge is 2.29. The van der Waals surface area contributed by atoms with E-state index in [4.69, 9.17) is 5.73 Å². The van der Waals surface area contributed by atoms with E-state index in [0.717, 1.165) is 55.5 Å². The lowest BCUT2D eigenvalue weighted by atomic mass is 10.1. The monoisotopic (exact) mass is 285 g/mol. The minimum absolute atomic E-state index is 0.757. The molecule has 2 aliphatic rings. The van der Waals surface area contributed by atoms with Crippen molar-refractivity contribution in [1.29, 1.82) is 0 Å². The molecule has 4 rings (SSSR count). The van der Waals surface area contributed by atoms with Gasteiger partial charge in [0.2, 0.25) is 0 Å². The van der Waals surface area contributed by atoms with Crippen molar-refractivity contribution in [3.05, 3.63) is 28.8 Å². The van der Waals surface area contributed by atoms with Crippen LogP contribution in [0.25, 0.3) is 0 Å². The Labute approximate surface area is 123 Å². The zero-order chi connectivity index (χ0) is 14.6. The molecule has 2 aliphatic heterocycles. The van der Waals surface area contributed by atoms with Gasteiger partial charge in [0.1, 0.15) is 18.0 Å². The standard InChI is InChI=1S/C14H19N7/c1-19-4-3-11-10(5-19)14(17-8-16-11)21-6-9-12(7-21)18-20(2)13(9)15/h8H,3-7,15H2,1-2H3. The molecule has 0 spiro atoms. The Bertz CT molecular complexity index is 706. The van der Waals surface area contributed by atoms with Crippen LogP contribution in [0.4, 0.5) is 11.6 Å². The minimum atomic E-state index is 0.757. The third-order valence-corrected chi connectivity index (χ3v) is 4.44. The van der Waals surface area contributed by atoms with Crippen molar-refractivity contribution in [3.8, 4) is 0 Å². The molecule has 0 aliphatic carbocycles. The average molecular weight is 285 g/mol. The highest BCUT2D eigenvalue weighted by molar-refractivity contribution is 5.57. The maximum atomic E-state index is 6.09. The number of anilines is 2. The van der Waals surface area contributed by atoms with Crippen LogP contribution in [0.2, 0.25) is 0 Å². The molecule has 2 N–H and O–H groups in total. The van der Waals surface area contributed by atoms with E-state index in [-0.39, 0.29) is 0 Å². The molecular weight excluding hydrogens is 266 g/mol. The molecule has 0 aromatic carbocycles. The molecular formula is C14H19N7. The molecule has 0 fully saturated rings. The molecule has 7 heteroatoms. The van der Waals surface area contributed by atoms with Crippen molar-refractivity contribution in [2.75, 3.05) is 24.2 Å². The zero-order valence-corrected chi connectivity index (χ0v) is 12.4. The van der Waals surface area contributed by atoms with E-state index in [1.165, 1.54) is 11.3 Å². The van der Waals surface area contributed by atoms with E-state index in [0.29, 0.717) is 0 Å². The number of rotatable bonds is 1. The second-order valence-electron chi connectivity index (χ2n) is 5.90. The third kappa shape index (κ3) is 1.88. The van der Waals surface area contributed by atoms with Crippen LogP contribution in [0.3, 0.4) is 0 Å². The Hall–Kier alpha value is -2.15. The van der Waals surface area contributed by atoms with Crippen LogP contribution in [-0.2, 0) is 33.1 Å². The number of aryl methyl sites for hydroxylation is 1. The number of hydrogen-bond donors (Lipinski definition) is 1. The van der Waals surface area contributed by atoms with Crippen molar-refractivity contribution in [1.82, 2.24) is 24.6 Å². The Morgan fingerprint density at radius 1 is 1.05 bits per heavy atom. The first-order valence-corrected chi connectivity index (χ1v) is 7.20. The first-order valence-electron chi connectivity index (χ1n) is 7.20. The number of nitrogen functional groups attached to an aromatic ring is 1. The number of aromatic nitrogens is 4. The molecule has 0 saturated carbocycles. The number of fused-ring (bicyclic) bond motifs is 2. The molecule has 110 valence electrons. The summed E-state index contributed by atoms with van der Waals surface area (Å²) in [5.41, 5.74) is 10.7. The van der Waals surface area contributed by atoms with Gasteiger partial charge in [-0.2, -0.15) is 5.10 Å². The van der Waals surface area contributed by atoms with Crippen LogP contribution in [0.15, 0.2) is 6.33 Å². The molecule has 0 bridgehead atoms. The van der Waals surface area contributed by atoms with Gasteiger partial charge in [0, 0.05) is 37.7 Å². The summed E-state index contributed by atoms with van der Waals surface area (Å²) in [6, 6.07) is 0.